The van der Waals surface area contributed by atoms with Crippen LogP contribution < -0.4 is 15.4 Å². The van der Waals surface area contributed by atoms with Crippen molar-refractivity contribution in [1.82, 2.24) is 4.31 Å². The first-order chi connectivity index (χ1) is 15.3. The van der Waals surface area contributed by atoms with Crippen molar-refractivity contribution in [2.45, 2.75) is 38.0 Å². The molecule has 2 aromatic carbocycles. The quantitative estimate of drug-likeness (QED) is 0.718. The summed E-state index contributed by atoms with van der Waals surface area (Å²) in [6.45, 7) is 4.05. The minimum absolute atomic E-state index is 0.121. The molecule has 0 aliphatic carbocycles. The number of carbonyl (C=O) groups is 2. The normalized spacial score (nSPS) is 18.9. The number of piperidine rings is 1. The molecule has 2 aromatic rings. The van der Waals surface area contributed by atoms with Crippen molar-refractivity contribution >= 4 is 33.2 Å². The number of benzene rings is 2. The molecular weight excluding hydrogens is 430 g/mol. The van der Waals surface area contributed by atoms with Crippen LogP contribution in [0.1, 0.15) is 30.9 Å². The molecule has 32 heavy (non-hydrogen) atoms. The summed E-state index contributed by atoms with van der Waals surface area (Å²) in [5, 5.41) is 5.62. The molecule has 0 unspecified atom stereocenters. The fraction of sp³-hybridized carbons (Fsp3) is 0.391. The van der Waals surface area contributed by atoms with Crippen molar-refractivity contribution in [2.75, 3.05) is 30.3 Å². The topological polar surface area (TPSA) is 105 Å². The Morgan fingerprint density at radius 1 is 1.28 bits per heavy atom. The van der Waals surface area contributed by atoms with Crippen LogP contribution in [0.2, 0.25) is 0 Å². The van der Waals surface area contributed by atoms with Gasteiger partial charge in [-0.05, 0) is 55.5 Å². The standard InChI is InChI=1S/C23H27N3O5S/c1-3-16-6-4-8-18(11-16)24-23(28)17-7-5-9-26(13-17)32(29,30)21-12-20-19(10-15(21)2)25-22(27)14-31-20/h4,6,8,10-12,17H,3,5,7,9,13-14H2,1-2H3,(H,24,28)(H,25,27)/t17-/m0/s1. The minimum atomic E-state index is -3.83. The van der Waals surface area contributed by atoms with E-state index in [1.165, 1.54) is 10.4 Å². The van der Waals surface area contributed by atoms with E-state index < -0.39 is 15.9 Å². The zero-order chi connectivity index (χ0) is 22.9. The van der Waals surface area contributed by atoms with Crippen LogP contribution in [0.5, 0.6) is 5.75 Å². The van der Waals surface area contributed by atoms with Crippen LogP contribution in [0.4, 0.5) is 11.4 Å². The Morgan fingerprint density at radius 3 is 2.88 bits per heavy atom. The van der Waals surface area contributed by atoms with Crippen LogP contribution >= 0.6 is 0 Å². The second-order valence-electron chi connectivity index (χ2n) is 8.20. The number of anilines is 2. The molecule has 0 spiro atoms. The van der Waals surface area contributed by atoms with Gasteiger partial charge in [-0.25, -0.2) is 8.42 Å². The number of aryl methyl sites for hydroxylation is 2. The summed E-state index contributed by atoms with van der Waals surface area (Å²) in [5.41, 5.74) is 2.82. The average Bonchev–Trinajstić information content (AvgIpc) is 2.78. The number of carbonyl (C=O) groups excluding carboxylic acids is 2. The lowest BCUT2D eigenvalue weighted by molar-refractivity contribution is -0.121. The third-order valence-electron chi connectivity index (χ3n) is 5.89. The SMILES string of the molecule is CCc1cccc(NC(=O)[C@H]2CCCN(S(=O)(=O)c3cc4c(cc3C)NC(=O)CO4)C2)c1. The maximum Gasteiger partial charge on any atom is 0.262 e. The number of amides is 2. The molecule has 1 saturated heterocycles. The molecule has 4 rings (SSSR count). The van der Waals surface area contributed by atoms with Gasteiger partial charge in [0.1, 0.15) is 5.75 Å². The first-order valence-corrected chi connectivity index (χ1v) is 12.2. The third-order valence-corrected chi connectivity index (χ3v) is 7.89. The highest BCUT2D eigenvalue weighted by molar-refractivity contribution is 7.89. The van der Waals surface area contributed by atoms with Gasteiger partial charge in [0.2, 0.25) is 15.9 Å². The molecule has 0 saturated carbocycles. The van der Waals surface area contributed by atoms with Crippen molar-refractivity contribution in [3.8, 4) is 5.75 Å². The summed E-state index contributed by atoms with van der Waals surface area (Å²) in [4.78, 5) is 24.5. The molecule has 8 nitrogen and oxygen atoms in total. The Hall–Kier alpha value is -2.91. The van der Waals surface area contributed by atoms with Gasteiger partial charge in [-0.1, -0.05) is 19.1 Å². The summed E-state index contributed by atoms with van der Waals surface area (Å²) in [5.74, 6) is -0.554. The molecule has 2 N–H and O–H groups in total. The highest BCUT2D eigenvalue weighted by Crippen LogP contribution is 2.35. The van der Waals surface area contributed by atoms with Crippen LogP contribution in [0.3, 0.4) is 0 Å². The van der Waals surface area contributed by atoms with Crippen LogP contribution in [0, 0.1) is 12.8 Å². The van der Waals surface area contributed by atoms with Crippen molar-refractivity contribution in [3.63, 3.8) is 0 Å². The Morgan fingerprint density at radius 2 is 2.09 bits per heavy atom. The van der Waals surface area contributed by atoms with Crippen molar-refractivity contribution in [1.29, 1.82) is 0 Å². The molecule has 1 atom stereocenters. The van der Waals surface area contributed by atoms with E-state index in [0.29, 0.717) is 36.4 Å². The number of ether oxygens (including phenoxy) is 1. The van der Waals surface area contributed by atoms with Gasteiger partial charge in [-0.3, -0.25) is 9.59 Å². The number of rotatable bonds is 5. The average molecular weight is 458 g/mol. The van der Waals surface area contributed by atoms with Crippen molar-refractivity contribution in [3.05, 3.63) is 47.5 Å². The van der Waals surface area contributed by atoms with Crippen LogP contribution in [0.25, 0.3) is 0 Å². The molecule has 9 heteroatoms. The maximum atomic E-state index is 13.4. The van der Waals surface area contributed by atoms with E-state index in [2.05, 4.69) is 10.6 Å². The van der Waals surface area contributed by atoms with E-state index in [4.69, 9.17) is 4.74 Å². The predicted molar refractivity (Wildman–Crippen MR) is 121 cm³/mol. The summed E-state index contributed by atoms with van der Waals surface area (Å²) in [6, 6.07) is 10.7. The number of nitrogens with one attached hydrogen (secondary N) is 2. The number of hydrogen-bond acceptors (Lipinski definition) is 5. The maximum absolute atomic E-state index is 13.4. The van der Waals surface area contributed by atoms with E-state index in [9.17, 15) is 18.0 Å². The predicted octanol–water partition coefficient (Wildman–Crippen LogP) is 2.93. The minimum Gasteiger partial charge on any atom is -0.482 e. The molecule has 2 aliphatic rings. The molecule has 1 fully saturated rings. The lowest BCUT2D eigenvalue weighted by Crippen LogP contribution is -2.43. The van der Waals surface area contributed by atoms with Gasteiger partial charge >= 0.3 is 0 Å². The number of sulfonamides is 1. The van der Waals surface area contributed by atoms with Crippen LogP contribution in [-0.4, -0.2) is 44.2 Å². The molecule has 2 aliphatic heterocycles. The number of nitrogens with zero attached hydrogens (tertiary/aromatic N) is 1. The molecule has 2 heterocycles. The zero-order valence-corrected chi connectivity index (χ0v) is 19.0. The first-order valence-electron chi connectivity index (χ1n) is 10.7. The third kappa shape index (κ3) is 4.49. The lowest BCUT2D eigenvalue weighted by Gasteiger charge is -2.32. The molecule has 0 aromatic heterocycles. The summed E-state index contributed by atoms with van der Waals surface area (Å²) < 4.78 is 33.6. The fourth-order valence-electron chi connectivity index (χ4n) is 4.12. The number of fused-ring (bicyclic) bond motifs is 1. The molecule has 0 radical (unpaired) electrons. The largest absolute Gasteiger partial charge is 0.482 e. The van der Waals surface area contributed by atoms with Gasteiger partial charge in [-0.2, -0.15) is 4.31 Å². The van der Waals surface area contributed by atoms with Gasteiger partial charge in [0.05, 0.1) is 16.5 Å². The highest BCUT2D eigenvalue weighted by atomic mass is 32.2. The highest BCUT2D eigenvalue weighted by Gasteiger charge is 2.35. The first kappa shape index (κ1) is 22.3. The fourth-order valence-corrected chi connectivity index (χ4v) is 5.87. The lowest BCUT2D eigenvalue weighted by atomic mass is 9.98. The molecule has 0 bridgehead atoms. The van der Waals surface area contributed by atoms with Gasteiger partial charge < -0.3 is 15.4 Å². The van der Waals surface area contributed by atoms with E-state index in [-0.39, 0.29) is 29.9 Å². The van der Waals surface area contributed by atoms with E-state index in [1.54, 1.807) is 13.0 Å². The monoisotopic (exact) mass is 457 g/mol. The Balaban J connectivity index is 1.52. The Bertz CT molecular complexity index is 1160. The molecular formula is C23H27N3O5S. The Kier molecular flexibility index (Phi) is 6.21. The van der Waals surface area contributed by atoms with Crippen molar-refractivity contribution < 1.29 is 22.7 Å². The molecule has 170 valence electrons. The second-order valence-corrected chi connectivity index (χ2v) is 10.1. The van der Waals surface area contributed by atoms with E-state index >= 15 is 0 Å². The smallest absolute Gasteiger partial charge is 0.262 e. The van der Waals surface area contributed by atoms with Crippen LogP contribution in [-0.2, 0) is 26.0 Å². The van der Waals surface area contributed by atoms with Gasteiger partial charge in [0.25, 0.3) is 5.91 Å². The Labute approximate surface area is 188 Å². The van der Waals surface area contributed by atoms with E-state index in [1.807, 2.05) is 31.2 Å². The second kappa shape index (κ2) is 8.91. The zero-order valence-electron chi connectivity index (χ0n) is 18.2. The summed E-state index contributed by atoms with van der Waals surface area (Å²) in [7, 11) is -3.83. The summed E-state index contributed by atoms with van der Waals surface area (Å²) >= 11 is 0. The summed E-state index contributed by atoms with van der Waals surface area (Å²) in [6.07, 6.45) is 2.10. The van der Waals surface area contributed by atoms with Crippen molar-refractivity contribution in [2.24, 2.45) is 5.92 Å². The van der Waals surface area contributed by atoms with Crippen LogP contribution in [0.15, 0.2) is 41.3 Å². The van der Waals surface area contributed by atoms with Gasteiger partial charge in [0, 0.05) is 24.8 Å². The van der Waals surface area contributed by atoms with Gasteiger partial charge in [0.15, 0.2) is 6.61 Å². The number of hydrogen-bond donors (Lipinski definition) is 2. The van der Waals surface area contributed by atoms with Gasteiger partial charge in [-0.15, -0.1) is 0 Å². The molecule has 2 amide bonds. The van der Waals surface area contributed by atoms with E-state index in [0.717, 1.165) is 17.7 Å².